The van der Waals surface area contributed by atoms with Crippen LogP contribution in [0, 0.1) is 116 Å². The van der Waals surface area contributed by atoms with Crippen molar-refractivity contribution in [2.45, 2.75) is 240 Å². The van der Waals surface area contributed by atoms with Gasteiger partial charge in [0.2, 0.25) is 28.5 Å². The van der Waals surface area contributed by atoms with E-state index in [9.17, 15) is 0 Å². The summed E-state index contributed by atoms with van der Waals surface area (Å²) < 4.78 is 11.2. The van der Waals surface area contributed by atoms with Crippen LogP contribution in [0.3, 0.4) is 0 Å². The van der Waals surface area contributed by atoms with Gasteiger partial charge in [0.1, 0.15) is 35.2 Å². The van der Waals surface area contributed by atoms with Gasteiger partial charge in [0, 0.05) is 92.9 Å². The van der Waals surface area contributed by atoms with Crippen molar-refractivity contribution in [3.63, 3.8) is 0 Å². The fourth-order valence-corrected chi connectivity index (χ4v) is 16.1. The Balaban J connectivity index is 0.000000162. The van der Waals surface area contributed by atoms with Crippen LogP contribution in [0.25, 0.3) is 56.3 Å². The summed E-state index contributed by atoms with van der Waals surface area (Å²) in [5.41, 5.74) is 41.6. The van der Waals surface area contributed by atoms with E-state index in [-0.39, 0.29) is 0 Å². The summed E-state index contributed by atoms with van der Waals surface area (Å²) in [4.78, 5) is 0. The van der Waals surface area contributed by atoms with Crippen LogP contribution < -0.4 is 22.8 Å². The molecule has 5 nitrogen and oxygen atoms in total. The minimum Gasteiger partial charge on any atom is -0.201 e. The molecule has 0 N–H and O–H groups in total. The first-order valence-corrected chi connectivity index (χ1v) is 38.6. The molecule has 2 saturated carbocycles. The van der Waals surface area contributed by atoms with E-state index in [2.05, 4.69) is 356 Å². The summed E-state index contributed by atoms with van der Waals surface area (Å²) >= 11 is 0. The SMILES string of the molecule is CCC(CC)c1ccc(-c2c(C)c(C)cc[n+]2C)c(C)c1.Cc1cc(C2CCCC2)ccc1-c1c(C)c(C)cc[n+]1C.Cc1cc(C2CCCCC2)ccc1-c1c(C)c(C)cc[n+]1C.Cc1cc(CC(C)(C)C)ccc1-c1c(C)c(C)cc[n+]1C.Cc1ccc(-c2ccc(C)c(C)[n+]2C)c(C)c1. The van der Waals surface area contributed by atoms with Gasteiger partial charge >= 0.3 is 0 Å². The minimum atomic E-state index is 0.331. The lowest BCUT2D eigenvalue weighted by molar-refractivity contribution is -0.667. The second-order valence-corrected chi connectivity index (χ2v) is 32.1. The Morgan fingerprint density at radius 3 is 1.06 bits per heavy atom. The zero-order chi connectivity index (χ0) is 74.6. The number of rotatable bonds is 11. The molecule has 0 amide bonds. The topological polar surface area (TPSA) is 19.4 Å². The molecule has 0 radical (unpaired) electrons. The fourth-order valence-electron chi connectivity index (χ4n) is 16.1. The second kappa shape index (κ2) is 35.4. The molecule has 5 aromatic heterocycles. The lowest BCUT2D eigenvalue weighted by Crippen LogP contribution is -2.35. The van der Waals surface area contributed by atoms with E-state index in [4.69, 9.17) is 0 Å². The molecule has 0 spiro atoms. The molecule has 0 bridgehead atoms. The Hall–Kier alpha value is -8.15. The van der Waals surface area contributed by atoms with Crippen molar-refractivity contribution in [2.75, 3.05) is 0 Å². The fraction of sp³-hybridized carbons (Fsp3) is 0.433. The highest BCUT2D eigenvalue weighted by Gasteiger charge is 2.26. The van der Waals surface area contributed by atoms with Crippen LogP contribution in [0.2, 0.25) is 0 Å². The summed E-state index contributed by atoms with van der Waals surface area (Å²) in [7, 11) is 10.7. The average molecular weight is 1370 g/mol. The zero-order valence-electron chi connectivity index (χ0n) is 68.4. The third kappa shape index (κ3) is 19.4. The smallest absolute Gasteiger partial charge is 0.201 e. The Kier molecular flexibility index (Phi) is 27.6. The molecule has 538 valence electrons. The van der Waals surface area contributed by atoms with E-state index in [1.54, 1.807) is 11.1 Å². The zero-order valence-corrected chi connectivity index (χ0v) is 68.4. The van der Waals surface area contributed by atoms with Gasteiger partial charge in [-0.3, -0.25) is 0 Å². The third-order valence-electron chi connectivity index (χ3n) is 23.1. The number of benzene rings is 5. The third-order valence-corrected chi connectivity index (χ3v) is 23.1. The number of hydrogen-bond acceptors (Lipinski definition) is 0. The van der Waals surface area contributed by atoms with E-state index in [1.807, 2.05) is 0 Å². The molecule has 2 fully saturated rings. The Labute approximate surface area is 619 Å². The first-order chi connectivity index (χ1) is 48.3. The summed E-state index contributed by atoms with van der Waals surface area (Å²) in [6, 6.07) is 48.0. The van der Waals surface area contributed by atoms with Crippen molar-refractivity contribution >= 4 is 0 Å². The number of aromatic nitrogens is 5. The van der Waals surface area contributed by atoms with Crippen LogP contribution in [-0.4, -0.2) is 0 Å². The molecular formula is C97H130N5+5. The molecule has 0 unspecified atom stereocenters. The van der Waals surface area contributed by atoms with Crippen LogP contribution in [-0.2, 0) is 41.7 Å². The highest BCUT2D eigenvalue weighted by molar-refractivity contribution is 5.69. The molecule has 10 aromatic rings. The van der Waals surface area contributed by atoms with Crippen LogP contribution in [0.4, 0.5) is 0 Å². The van der Waals surface area contributed by atoms with Crippen molar-refractivity contribution in [1.82, 2.24) is 0 Å². The van der Waals surface area contributed by atoms with Crippen LogP contribution in [0.15, 0.2) is 152 Å². The molecule has 5 heterocycles. The van der Waals surface area contributed by atoms with Gasteiger partial charge in [-0.25, -0.2) is 18.3 Å². The molecule has 5 aromatic carbocycles. The molecule has 0 saturated heterocycles. The van der Waals surface area contributed by atoms with Crippen LogP contribution >= 0.6 is 0 Å². The largest absolute Gasteiger partial charge is 0.215 e. The molecule has 2 aliphatic carbocycles. The van der Waals surface area contributed by atoms with Crippen molar-refractivity contribution in [3.05, 3.63) is 264 Å². The standard InChI is InChI=1S/C21H28N.C20H26N.2C20H28N.C16H20N/c1-15-12-13-22(4)21(17(15)3)20-11-10-19(14-16(20)2)18-8-6-5-7-9-18;1-14-11-12-21(4)20(16(14)3)19-10-9-18(13-15(19)2)17-7-5-6-8-17;1-14-10-11-21(7)19(16(14)3)18-9-8-17(12-15(18)2)13-20(4,5)6;1-7-17(8-2)18-9-10-19(15(4)13-18)20-16(5)14(3)11-12-21(20)6;1-11-6-8-15(13(3)10-11)16-9-7-12(2)14(4)17(16)5/h10-14,18H,5-9H2,1-4H3;9-13,17H,5-8H2,1-4H3;8-12H,13H2,1-7H3;9-13,17H,7-8H2,1-6H3;6-10H,1-5H3/q5*+1. The van der Waals surface area contributed by atoms with Gasteiger partial charge in [-0.2, -0.15) is 4.57 Å². The molecule has 12 rings (SSSR count). The molecule has 0 atom stereocenters. The maximum absolute atomic E-state index is 2.44. The van der Waals surface area contributed by atoms with Crippen molar-refractivity contribution in [1.29, 1.82) is 0 Å². The lowest BCUT2D eigenvalue weighted by Gasteiger charge is -2.22. The first-order valence-electron chi connectivity index (χ1n) is 38.6. The Morgan fingerprint density at radius 2 is 0.696 bits per heavy atom. The quantitative estimate of drug-likeness (QED) is 0.115. The monoisotopic (exact) mass is 1370 g/mol. The Bertz CT molecular complexity index is 4450. The summed E-state index contributed by atoms with van der Waals surface area (Å²) in [5.74, 6) is 2.27. The molecular weight excluding hydrogens is 1240 g/mol. The van der Waals surface area contributed by atoms with Crippen molar-refractivity contribution in [2.24, 2.45) is 40.7 Å². The first kappa shape index (κ1) is 79.6. The van der Waals surface area contributed by atoms with Gasteiger partial charge in [0.25, 0.3) is 0 Å². The van der Waals surface area contributed by atoms with Crippen LogP contribution in [0.1, 0.15) is 234 Å². The highest BCUT2D eigenvalue weighted by atomic mass is 15.0. The van der Waals surface area contributed by atoms with E-state index < -0.39 is 0 Å². The molecule has 0 aliphatic heterocycles. The average Bonchev–Trinajstić information content (AvgIpc) is 0.921. The van der Waals surface area contributed by atoms with E-state index in [0.29, 0.717) is 11.3 Å². The summed E-state index contributed by atoms with van der Waals surface area (Å²) in [6.45, 7) is 46.7. The van der Waals surface area contributed by atoms with E-state index in [0.717, 1.165) is 18.3 Å². The van der Waals surface area contributed by atoms with Gasteiger partial charge in [-0.1, -0.05) is 133 Å². The van der Waals surface area contributed by atoms with E-state index >= 15 is 0 Å². The summed E-state index contributed by atoms with van der Waals surface area (Å²) in [6.07, 6.45) is 24.7. The maximum atomic E-state index is 2.44. The number of nitrogens with zero attached hydrogens (tertiary/aromatic N) is 5. The van der Waals surface area contributed by atoms with Crippen molar-refractivity contribution < 1.29 is 22.8 Å². The highest BCUT2D eigenvalue weighted by Crippen LogP contribution is 2.39. The van der Waals surface area contributed by atoms with Gasteiger partial charge in [-0.05, 0) is 281 Å². The Morgan fingerprint density at radius 1 is 0.343 bits per heavy atom. The number of hydrogen-bond donors (Lipinski definition) is 0. The molecule has 102 heavy (non-hydrogen) atoms. The second-order valence-electron chi connectivity index (χ2n) is 32.1. The van der Waals surface area contributed by atoms with Gasteiger partial charge < -0.3 is 0 Å². The van der Waals surface area contributed by atoms with Crippen LogP contribution in [0.5, 0.6) is 0 Å². The van der Waals surface area contributed by atoms with Gasteiger partial charge in [-0.15, -0.1) is 0 Å². The number of pyridine rings is 5. The minimum absolute atomic E-state index is 0.331. The normalized spacial score (nSPS) is 13.2. The lowest BCUT2D eigenvalue weighted by atomic mass is 9.83. The summed E-state index contributed by atoms with van der Waals surface area (Å²) in [5, 5.41) is 0. The number of aryl methyl sites for hydroxylation is 15. The molecule has 2 aliphatic rings. The van der Waals surface area contributed by atoms with Gasteiger partial charge in [0.15, 0.2) is 30.5 Å². The maximum Gasteiger partial charge on any atom is 0.215 e. The van der Waals surface area contributed by atoms with Crippen molar-refractivity contribution in [3.8, 4) is 56.3 Å². The van der Waals surface area contributed by atoms with E-state index in [1.165, 1.54) is 227 Å². The van der Waals surface area contributed by atoms with Gasteiger partial charge in [0.05, 0.1) is 0 Å². The molecule has 5 heteroatoms. The predicted molar refractivity (Wildman–Crippen MR) is 435 cm³/mol. The predicted octanol–water partition coefficient (Wildman–Crippen LogP) is 23.0.